The standard InChI is InChI=1S/C14H31NO2/c1-8-13(5,6)17-12(4)9-14(7,10-16)15-11(2)3/h11-12,15-16H,8-10H2,1-7H3. The summed E-state index contributed by atoms with van der Waals surface area (Å²) in [5.74, 6) is 0. The van der Waals surface area contributed by atoms with E-state index >= 15 is 0 Å². The molecule has 0 heterocycles. The molecule has 17 heavy (non-hydrogen) atoms. The van der Waals surface area contributed by atoms with Crippen LogP contribution < -0.4 is 5.32 Å². The normalized spacial score (nSPS) is 18.2. The van der Waals surface area contributed by atoms with E-state index in [1.807, 2.05) is 6.92 Å². The summed E-state index contributed by atoms with van der Waals surface area (Å²) in [7, 11) is 0. The number of hydrogen-bond acceptors (Lipinski definition) is 3. The minimum atomic E-state index is -0.266. The van der Waals surface area contributed by atoms with Crippen LogP contribution in [0.15, 0.2) is 0 Å². The van der Waals surface area contributed by atoms with Crippen molar-refractivity contribution in [3.8, 4) is 0 Å². The molecule has 0 aliphatic rings. The van der Waals surface area contributed by atoms with Crippen molar-refractivity contribution in [1.82, 2.24) is 5.32 Å². The van der Waals surface area contributed by atoms with E-state index in [2.05, 4.69) is 46.9 Å². The van der Waals surface area contributed by atoms with Crippen LogP contribution in [0.2, 0.25) is 0 Å². The first-order valence-electron chi connectivity index (χ1n) is 6.70. The fraction of sp³-hybridized carbons (Fsp3) is 1.00. The lowest BCUT2D eigenvalue weighted by Gasteiger charge is -2.36. The molecule has 2 atom stereocenters. The molecule has 0 aromatic heterocycles. The van der Waals surface area contributed by atoms with Crippen LogP contribution in [0.5, 0.6) is 0 Å². The molecule has 0 radical (unpaired) electrons. The highest BCUT2D eigenvalue weighted by Gasteiger charge is 2.29. The lowest BCUT2D eigenvalue weighted by molar-refractivity contribution is -0.0798. The minimum absolute atomic E-state index is 0.0897. The molecule has 0 bridgehead atoms. The average Bonchev–Trinajstić information content (AvgIpc) is 2.15. The summed E-state index contributed by atoms with van der Waals surface area (Å²) in [6.07, 6.45) is 1.93. The van der Waals surface area contributed by atoms with Crippen molar-refractivity contribution < 1.29 is 9.84 Å². The van der Waals surface area contributed by atoms with Crippen LogP contribution in [0.25, 0.3) is 0 Å². The summed E-state index contributed by atoms with van der Waals surface area (Å²) >= 11 is 0. The highest BCUT2D eigenvalue weighted by molar-refractivity contribution is 4.86. The van der Waals surface area contributed by atoms with Gasteiger partial charge in [0, 0.05) is 11.6 Å². The fourth-order valence-corrected chi connectivity index (χ4v) is 2.17. The molecule has 3 heteroatoms. The third kappa shape index (κ3) is 7.02. The lowest BCUT2D eigenvalue weighted by Crippen LogP contribution is -2.51. The van der Waals surface area contributed by atoms with Crippen LogP contribution in [0.1, 0.15) is 61.3 Å². The predicted molar refractivity (Wildman–Crippen MR) is 73.3 cm³/mol. The Labute approximate surface area is 107 Å². The molecule has 3 nitrogen and oxygen atoms in total. The van der Waals surface area contributed by atoms with Gasteiger partial charge in [-0.3, -0.25) is 0 Å². The topological polar surface area (TPSA) is 41.5 Å². The largest absolute Gasteiger partial charge is 0.394 e. The van der Waals surface area contributed by atoms with E-state index < -0.39 is 0 Å². The van der Waals surface area contributed by atoms with E-state index in [0.29, 0.717) is 6.04 Å². The third-order valence-electron chi connectivity index (χ3n) is 3.10. The van der Waals surface area contributed by atoms with Crippen LogP contribution >= 0.6 is 0 Å². The molecular formula is C14H31NO2. The molecule has 0 rings (SSSR count). The van der Waals surface area contributed by atoms with E-state index in [1.54, 1.807) is 0 Å². The molecule has 0 spiro atoms. The summed E-state index contributed by atoms with van der Waals surface area (Å²) in [5.41, 5.74) is -0.356. The van der Waals surface area contributed by atoms with Crippen molar-refractivity contribution in [2.45, 2.75) is 84.6 Å². The second kappa shape index (κ2) is 6.72. The van der Waals surface area contributed by atoms with Crippen LogP contribution in [0.3, 0.4) is 0 Å². The summed E-state index contributed by atoms with van der Waals surface area (Å²) in [5, 5.41) is 12.9. The maximum atomic E-state index is 9.52. The first-order chi connectivity index (χ1) is 7.64. The quantitative estimate of drug-likeness (QED) is 0.691. The molecule has 0 aromatic rings. The van der Waals surface area contributed by atoms with Gasteiger partial charge in [-0.05, 0) is 40.5 Å². The average molecular weight is 245 g/mol. The first-order valence-corrected chi connectivity index (χ1v) is 6.70. The van der Waals surface area contributed by atoms with Gasteiger partial charge in [0.2, 0.25) is 0 Å². The van der Waals surface area contributed by atoms with E-state index in [4.69, 9.17) is 4.74 Å². The number of aliphatic hydroxyl groups is 1. The van der Waals surface area contributed by atoms with Crippen molar-refractivity contribution in [3.05, 3.63) is 0 Å². The third-order valence-corrected chi connectivity index (χ3v) is 3.10. The zero-order valence-corrected chi connectivity index (χ0v) is 12.6. The second-order valence-electron chi connectivity index (χ2n) is 6.26. The van der Waals surface area contributed by atoms with Crippen LogP contribution in [-0.4, -0.2) is 35.0 Å². The van der Waals surface area contributed by atoms with E-state index in [-0.39, 0.29) is 23.9 Å². The molecule has 0 fully saturated rings. The second-order valence-corrected chi connectivity index (χ2v) is 6.26. The number of ether oxygens (including phenoxy) is 1. The zero-order valence-electron chi connectivity index (χ0n) is 12.6. The molecule has 0 amide bonds. The van der Waals surface area contributed by atoms with Crippen molar-refractivity contribution in [2.75, 3.05) is 6.61 Å². The van der Waals surface area contributed by atoms with Crippen molar-refractivity contribution in [1.29, 1.82) is 0 Å². The molecular weight excluding hydrogens is 214 g/mol. The fourth-order valence-electron chi connectivity index (χ4n) is 2.17. The molecule has 0 saturated carbocycles. The van der Waals surface area contributed by atoms with Gasteiger partial charge >= 0.3 is 0 Å². The van der Waals surface area contributed by atoms with Gasteiger partial charge in [-0.25, -0.2) is 0 Å². The first kappa shape index (κ1) is 16.9. The Morgan fingerprint density at radius 1 is 1.18 bits per heavy atom. The molecule has 0 aliphatic heterocycles. The maximum absolute atomic E-state index is 9.52. The number of rotatable bonds is 8. The molecule has 0 saturated heterocycles. The van der Waals surface area contributed by atoms with Crippen molar-refractivity contribution in [2.24, 2.45) is 0 Å². The van der Waals surface area contributed by atoms with E-state index in [9.17, 15) is 5.11 Å². The van der Waals surface area contributed by atoms with Crippen LogP contribution in [0, 0.1) is 0 Å². The van der Waals surface area contributed by atoms with Gasteiger partial charge in [-0.15, -0.1) is 0 Å². The smallest absolute Gasteiger partial charge is 0.0627 e. The highest BCUT2D eigenvalue weighted by atomic mass is 16.5. The van der Waals surface area contributed by atoms with Gasteiger partial charge < -0.3 is 15.2 Å². The monoisotopic (exact) mass is 245 g/mol. The SMILES string of the molecule is CCC(C)(C)OC(C)CC(C)(CO)NC(C)C. The van der Waals surface area contributed by atoms with Gasteiger partial charge in [0.1, 0.15) is 0 Å². The van der Waals surface area contributed by atoms with E-state index in [1.165, 1.54) is 0 Å². The van der Waals surface area contributed by atoms with Crippen molar-refractivity contribution >= 4 is 0 Å². The molecule has 0 aliphatic carbocycles. The Morgan fingerprint density at radius 2 is 1.71 bits per heavy atom. The molecule has 0 aromatic carbocycles. The summed E-state index contributed by atoms with van der Waals surface area (Å²) in [6, 6.07) is 0.360. The van der Waals surface area contributed by atoms with Gasteiger partial charge in [0.05, 0.1) is 18.3 Å². The summed E-state index contributed by atoms with van der Waals surface area (Å²) in [4.78, 5) is 0. The zero-order chi connectivity index (χ0) is 13.7. The Balaban J connectivity index is 4.37. The molecule has 2 N–H and O–H groups in total. The van der Waals surface area contributed by atoms with Gasteiger partial charge in [0.25, 0.3) is 0 Å². The Kier molecular flexibility index (Phi) is 6.67. The van der Waals surface area contributed by atoms with Crippen LogP contribution in [0.4, 0.5) is 0 Å². The summed E-state index contributed by atoms with van der Waals surface area (Å²) < 4.78 is 6.01. The number of aliphatic hydroxyl groups excluding tert-OH is 1. The highest BCUT2D eigenvalue weighted by Crippen LogP contribution is 2.22. The Morgan fingerprint density at radius 3 is 2.06 bits per heavy atom. The summed E-state index contributed by atoms with van der Waals surface area (Å²) in [6.45, 7) is 14.8. The van der Waals surface area contributed by atoms with Gasteiger partial charge in [-0.1, -0.05) is 20.8 Å². The number of nitrogens with one attached hydrogen (secondary N) is 1. The lowest BCUT2D eigenvalue weighted by atomic mass is 9.94. The Hall–Kier alpha value is -0.120. The molecule has 104 valence electrons. The molecule has 2 unspecified atom stereocenters. The predicted octanol–water partition coefficient (Wildman–Crippen LogP) is 2.72. The minimum Gasteiger partial charge on any atom is -0.394 e. The van der Waals surface area contributed by atoms with Crippen molar-refractivity contribution in [3.63, 3.8) is 0 Å². The maximum Gasteiger partial charge on any atom is 0.0627 e. The van der Waals surface area contributed by atoms with Gasteiger partial charge in [0.15, 0.2) is 0 Å². The van der Waals surface area contributed by atoms with Crippen LogP contribution in [-0.2, 0) is 4.74 Å². The Bertz CT molecular complexity index is 216. The number of hydrogen-bond donors (Lipinski definition) is 2. The van der Waals surface area contributed by atoms with E-state index in [0.717, 1.165) is 12.8 Å². The van der Waals surface area contributed by atoms with Gasteiger partial charge in [-0.2, -0.15) is 0 Å².